The molecule has 2 rings (SSSR count). The highest BCUT2D eigenvalue weighted by atomic mass is 35.5. The van der Waals surface area contributed by atoms with Crippen molar-refractivity contribution in [1.29, 1.82) is 0 Å². The highest BCUT2D eigenvalue weighted by Gasteiger charge is 2.02. The van der Waals surface area contributed by atoms with Crippen molar-refractivity contribution in [3.8, 4) is 5.75 Å². The van der Waals surface area contributed by atoms with Crippen LogP contribution in [0.5, 0.6) is 5.75 Å². The van der Waals surface area contributed by atoms with Gasteiger partial charge in [0.25, 0.3) is 0 Å². The van der Waals surface area contributed by atoms with Gasteiger partial charge in [0.05, 0.1) is 12.3 Å². The smallest absolute Gasteiger partial charge is 0.128 e. The minimum Gasteiger partial charge on any atom is -0.493 e. The quantitative estimate of drug-likeness (QED) is 0.589. The molecule has 0 radical (unpaired) electrons. The van der Waals surface area contributed by atoms with E-state index >= 15 is 0 Å². The number of nitrogens with zero attached hydrogens (tertiary/aromatic N) is 1. The molecule has 0 aromatic heterocycles. The third-order valence-electron chi connectivity index (χ3n) is 3.38. The van der Waals surface area contributed by atoms with E-state index < -0.39 is 0 Å². The fourth-order valence-corrected chi connectivity index (χ4v) is 2.36. The Morgan fingerprint density at radius 1 is 1.09 bits per heavy atom. The van der Waals surface area contributed by atoms with Gasteiger partial charge >= 0.3 is 0 Å². The van der Waals surface area contributed by atoms with Crippen LogP contribution in [-0.2, 0) is 6.42 Å². The molecular formula is C19H22ClNO. The van der Waals surface area contributed by atoms with Crippen molar-refractivity contribution in [2.24, 2.45) is 4.99 Å². The number of hydrogen-bond acceptors (Lipinski definition) is 2. The number of aliphatic imine (C=N–C) groups is 1. The summed E-state index contributed by atoms with van der Waals surface area (Å²) in [7, 11) is 0. The van der Waals surface area contributed by atoms with Gasteiger partial charge in [0.15, 0.2) is 0 Å². The summed E-state index contributed by atoms with van der Waals surface area (Å²) in [4.78, 5) is 4.52. The van der Waals surface area contributed by atoms with E-state index in [0.717, 1.165) is 23.4 Å². The Hall–Kier alpha value is -1.80. The predicted molar refractivity (Wildman–Crippen MR) is 94.9 cm³/mol. The summed E-state index contributed by atoms with van der Waals surface area (Å²) in [5.74, 6) is 0.801. The Balaban J connectivity index is 2.12. The molecule has 0 unspecified atom stereocenters. The summed E-state index contributed by atoms with van der Waals surface area (Å²) in [6, 6.07) is 13.9. The Morgan fingerprint density at radius 3 is 2.55 bits per heavy atom. The van der Waals surface area contributed by atoms with Gasteiger partial charge in [-0.3, -0.25) is 4.99 Å². The Kier molecular flexibility index (Phi) is 6.47. The van der Waals surface area contributed by atoms with E-state index in [4.69, 9.17) is 16.3 Å². The molecule has 2 aromatic rings. The molecule has 116 valence electrons. The average Bonchev–Trinajstić information content (AvgIpc) is 2.54. The lowest BCUT2D eigenvalue weighted by Crippen LogP contribution is -1.95. The Morgan fingerprint density at radius 2 is 1.86 bits per heavy atom. The fraction of sp³-hybridized carbons (Fsp3) is 0.316. The molecule has 0 fully saturated rings. The monoisotopic (exact) mass is 315 g/mol. The second-order valence-electron chi connectivity index (χ2n) is 5.14. The van der Waals surface area contributed by atoms with E-state index in [1.165, 1.54) is 18.4 Å². The van der Waals surface area contributed by atoms with Crippen LogP contribution in [0.3, 0.4) is 0 Å². The zero-order valence-electron chi connectivity index (χ0n) is 13.2. The molecule has 22 heavy (non-hydrogen) atoms. The highest BCUT2D eigenvalue weighted by Crippen LogP contribution is 2.22. The molecule has 0 aliphatic heterocycles. The van der Waals surface area contributed by atoms with Crippen LogP contribution in [0.15, 0.2) is 47.5 Å². The van der Waals surface area contributed by atoms with E-state index in [1.54, 1.807) is 6.21 Å². The fourth-order valence-electron chi connectivity index (χ4n) is 2.18. The van der Waals surface area contributed by atoms with Gasteiger partial charge in [-0.2, -0.15) is 0 Å². The molecule has 0 atom stereocenters. The molecule has 0 heterocycles. The van der Waals surface area contributed by atoms with Gasteiger partial charge in [-0.15, -0.1) is 0 Å². The minimum absolute atomic E-state index is 0.620. The third kappa shape index (κ3) is 4.88. The van der Waals surface area contributed by atoms with Crippen LogP contribution in [0, 0.1) is 0 Å². The SMILES string of the molecule is CCCCc1ccc(N=Cc2cc(Cl)ccc2OCC)cc1. The van der Waals surface area contributed by atoms with Gasteiger partial charge < -0.3 is 4.74 Å². The van der Waals surface area contributed by atoms with Crippen LogP contribution in [-0.4, -0.2) is 12.8 Å². The molecule has 0 N–H and O–H groups in total. The summed E-state index contributed by atoms with van der Waals surface area (Å²) >= 11 is 6.05. The Labute approximate surface area is 137 Å². The lowest BCUT2D eigenvalue weighted by molar-refractivity contribution is 0.340. The lowest BCUT2D eigenvalue weighted by Gasteiger charge is -2.07. The maximum atomic E-state index is 6.05. The maximum Gasteiger partial charge on any atom is 0.128 e. The van der Waals surface area contributed by atoms with Crippen LogP contribution in [0.4, 0.5) is 5.69 Å². The van der Waals surface area contributed by atoms with Crippen molar-refractivity contribution >= 4 is 23.5 Å². The molecule has 0 aliphatic carbocycles. The number of aryl methyl sites for hydroxylation is 1. The molecule has 2 aromatic carbocycles. The second kappa shape index (κ2) is 8.60. The molecule has 0 saturated heterocycles. The zero-order valence-corrected chi connectivity index (χ0v) is 13.9. The van der Waals surface area contributed by atoms with Gasteiger partial charge in [0, 0.05) is 16.8 Å². The predicted octanol–water partition coefficient (Wildman–Crippen LogP) is 5.83. The molecule has 0 spiro atoms. The van der Waals surface area contributed by atoms with Gasteiger partial charge in [0.1, 0.15) is 5.75 Å². The van der Waals surface area contributed by atoms with E-state index in [9.17, 15) is 0 Å². The van der Waals surface area contributed by atoms with E-state index in [2.05, 4.69) is 24.0 Å². The summed E-state index contributed by atoms with van der Waals surface area (Å²) < 4.78 is 5.59. The van der Waals surface area contributed by atoms with Crippen molar-refractivity contribution < 1.29 is 4.74 Å². The van der Waals surface area contributed by atoms with E-state index in [0.29, 0.717) is 11.6 Å². The third-order valence-corrected chi connectivity index (χ3v) is 3.61. The number of ether oxygens (including phenoxy) is 1. The molecule has 0 aliphatic rings. The van der Waals surface area contributed by atoms with Crippen LogP contribution in [0.25, 0.3) is 0 Å². The van der Waals surface area contributed by atoms with Gasteiger partial charge in [-0.05, 0) is 55.7 Å². The topological polar surface area (TPSA) is 21.6 Å². The molecule has 2 nitrogen and oxygen atoms in total. The van der Waals surface area contributed by atoms with Gasteiger partial charge in [0.2, 0.25) is 0 Å². The lowest BCUT2D eigenvalue weighted by atomic mass is 10.1. The molecule has 0 saturated carbocycles. The molecule has 3 heteroatoms. The van der Waals surface area contributed by atoms with Crippen LogP contribution in [0.2, 0.25) is 5.02 Å². The molecular weight excluding hydrogens is 294 g/mol. The number of hydrogen-bond donors (Lipinski definition) is 0. The number of rotatable bonds is 7. The van der Waals surface area contributed by atoms with Crippen LogP contribution < -0.4 is 4.74 Å². The number of halogens is 1. The minimum atomic E-state index is 0.620. The van der Waals surface area contributed by atoms with Crippen LogP contribution in [0.1, 0.15) is 37.8 Å². The zero-order chi connectivity index (χ0) is 15.8. The standard InChI is InChI=1S/C19H22ClNO/c1-3-5-6-15-7-10-18(11-8-15)21-14-16-13-17(20)9-12-19(16)22-4-2/h7-14H,3-6H2,1-2H3. The summed E-state index contributed by atoms with van der Waals surface area (Å²) in [5.41, 5.74) is 3.19. The van der Waals surface area contributed by atoms with Crippen molar-refractivity contribution in [1.82, 2.24) is 0 Å². The largest absolute Gasteiger partial charge is 0.493 e. The average molecular weight is 316 g/mol. The van der Waals surface area contributed by atoms with E-state index in [-0.39, 0.29) is 0 Å². The first-order valence-electron chi connectivity index (χ1n) is 7.78. The summed E-state index contributed by atoms with van der Waals surface area (Å²) in [5, 5.41) is 0.680. The first kappa shape index (κ1) is 16.6. The molecule has 0 amide bonds. The summed E-state index contributed by atoms with van der Waals surface area (Å²) in [6.07, 6.45) is 5.37. The van der Waals surface area contributed by atoms with Crippen molar-refractivity contribution in [3.63, 3.8) is 0 Å². The first-order chi connectivity index (χ1) is 10.7. The second-order valence-corrected chi connectivity index (χ2v) is 5.58. The first-order valence-corrected chi connectivity index (χ1v) is 8.16. The van der Waals surface area contributed by atoms with E-state index in [1.807, 2.05) is 37.3 Å². The van der Waals surface area contributed by atoms with Crippen LogP contribution >= 0.6 is 11.6 Å². The van der Waals surface area contributed by atoms with Gasteiger partial charge in [-0.1, -0.05) is 37.1 Å². The Bertz CT molecular complexity index is 620. The maximum absolute atomic E-state index is 6.05. The number of benzene rings is 2. The van der Waals surface area contributed by atoms with Crippen molar-refractivity contribution in [3.05, 3.63) is 58.6 Å². The number of unbranched alkanes of at least 4 members (excludes halogenated alkanes) is 1. The normalized spacial score (nSPS) is 11.0. The summed E-state index contributed by atoms with van der Waals surface area (Å²) in [6.45, 7) is 4.79. The molecule has 0 bridgehead atoms. The highest BCUT2D eigenvalue weighted by molar-refractivity contribution is 6.30. The van der Waals surface area contributed by atoms with Crippen molar-refractivity contribution in [2.75, 3.05) is 6.61 Å². The van der Waals surface area contributed by atoms with Gasteiger partial charge in [-0.25, -0.2) is 0 Å². The van der Waals surface area contributed by atoms with Crippen molar-refractivity contribution in [2.45, 2.75) is 33.1 Å².